The highest BCUT2D eigenvalue weighted by Gasteiger charge is 2.26. The molecule has 2 aliphatic rings. The van der Waals surface area contributed by atoms with Gasteiger partial charge in [-0.15, -0.1) is 0 Å². The van der Waals surface area contributed by atoms with E-state index in [4.69, 9.17) is 10.1 Å². The van der Waals surface area contributed by atoms with Gasteiger partial charge in [-0.05, 0) is 30.3 Å². The van der Waals surface area contributed by atoms with E-state index in [2.05, 4.69) is 36.8 Å². The number of methoxy groups -OCH3 is 1. The van der Waals surface area contributed by atoms with E-state index in [0.717, 1.165) is 56.5 Å². The van der Waals surface area contributed by atoms with Crippen LogP contribution in [0.5, 0.6) is 5.75 Å². The molecule has 1 N–H and O–H groups in total. The van der Waals surface area contributed by atoms with Crippen LogP contribution in [0.15, 0.2) is 61.1 Å². The molecule has 1 aromatic heterocycles. The van der Waals surface area contributed by atoms with E-state index in [1.165, 1.54) is 18.2 Å². The largest absolute Gasteiger partial charge is 0.495 e. The molecular weight excluding hydrogens is 454 g/mol. The number of nitrogens with one attached hydrogen (secondary N) is 1. The maximum absolute atomic E-state index is 13.4. The summed E-state index contributed by atoms with van der Waals surface area (Å²) in [5.41, 5.74) is 3.53. The summed E-state index contributed by atoms with van der Waals surface area (Å²) in [5, 5.41) is 7.64. The van der Waals surface area contributed by atoms with Crippen molar-refractivity contribution in [3.63, 3.8) is 0 Å². The van der Waals surface area contributed by atoms with Gasteiger partial charge in [0.05, 0.1) is 18.4 Å². The van der Waals surface area contributed by atoms with Crippen LogP contribution in [-0.4, -0.2) is 86.5 Å². The minimum absolute atomic E-state index is 0.0573. The molecule has 3 aromatic rings. The second-order valence-electron chi connectivity index (χ2n) is 8.92. The zero-order chi connectivity index (χ0) is 24.9. The Balaban J connectivity index is 1.26. The standard InChI is InChI=1S/C27H31N7O2/c1-36-25-8-7-21(27(35)34-15-9-31(10-16-34)23-5-3-2-4-6-23)17-24(25)32-11-13-33(14-12-32)26-22(18-28)19-29-20-30-26/h2-8,17-20,28H,9-16H2,1H3. The summed E-state index contributed by atoms with van der Waals surface area (Å²) in [6.07, 6.45) is 4.48. The van der Waals surface area contributed by atoms with Crippen LogP contribution in [0.2, 0.25) is 0 Å². The van der Waals surface area contributed by atoms with Gasteiger partial charge in [0, 0.05) is 76.0 Å². The number of anilines is 3. The number of ether oxygens (including phenoxy) is 1. The van der Waals surface area contributed by atoms with E-state index >= 15 is 0 Å². The van der Waals surface area contributed by atoms with Gasteiger partial charge in [-0.2, -0.15) is 0 Å². The van der Waals surface area contributed by atoms with Gasteiger partial charge in [-0.25, -0.2) is 9.97 Å². The van der Waals surface area contributed by atoms with E-state index in [9.17, 15) is 4.79 Å². The van der Waals surface area contributed by atoms with Crippen molar-refractivity contribution < 1.29 is 9.53 Å². The van der Waals surface area contributed by atoms with E-state index < -0.39 is 0 Å². The van der Waals surface area contributed by atoms with Gasteiger partial charge in [0.25, 0.3) is 5.91 Å². The van der Waals surface area contributed by atoms with Crippen LogP contribution in [-0.2, 0) is 0 Å². The van der Waals surface area contributed by atoms with Crippen molar-refractivity contribution in [3.05, 3.63) is 72.2 Å². The molecular formula is C27H31N7O2. The second kappa shape index (κ2) is 10.6. The first-order valence-electron chi connectivity index (χ1n) is 12.3. The molecule has 2 aliphatic heterocycles. The first-order chi connectivity index (χ1) is 17.7. The van der Waals surface area contributed by atoms with E-state index in [1.807, 2.05) is 41.3 Å². The topological polar surface area (TPSA) is 88.9 Å². The van der Waals surface area contributed by atoms with E-state index in [0.29, 0.717) is 24.2 Å². The lowest BCUT2D eigenvalue weighted by Crippen LogP contribution is -2.49. The van der Waals surface area contributed by atoms with Crippen LogP contribution in [0.25, 0.3) is 0 Å². The highest BCUT2D eigenvalue weighted by atomic mass is 16.5. The minimum Gasteiger partial charge on any atom is -0.495 e. The van der Waals surface area contributed by atoms with Crippen LogP contribution < -0.4 is 19.4 Å². The number of carbonyl (C=O) groups excluding carboxylic acids is 1. The molecule has 186 valence electrons. The average Bonchev–Trinajstić information content (AvgIpc) is 2.97. The molecule has 0 aliphatic carbocycles. The van der Waals surface area contributed by atoms with Crippen molar-refractivity contribution in [1.29, 1.82) is 5.41 Å². The molecule has 2 fully saturated rings. The lowest BCUT2D eigenvalue weighted by molar-refractivity contribution is 0.0747. The van der Waals surface area contributed by atoms with Gasteiger partial charge in [-0.3, -0.25) is 4.79 Å². The average molecular weight is 486 g/mol. The lowest BCUT2D eigenvalue weighted by atomic mass is 10.1. The Labute approximate surface area is 211 Å². The van der Waals surface area contributed by atoms with Crippen molar-refractivity contribution in [2.75, 3.05) is 74.2 Å². The highest BCUT2D eigenvalue weighted by molar-refractivity contribution is 5.96. The number of nitrogens with zero attached hydrogens (tertiary/aromatic N) is 6. The molecule has 2 saturated heterocycles. The lowest BCUT2D eigenvalue weighted by Gasteiger charge is -2.38. The third kappa shape index (κ3) is 4.82. The summed E-state index contributed by atoms with van der Waals surface area (Å²) in [5.74, 6) is 1.60. The summed E-state index contributed by atoms with van der Waals surface area (Å²) >= 11 is 0. The molecule has 9 heteroatoms. The quantitative estimate of drug-likeness (QED) is 0.537. The predicted molar refractivity (Wildman–Crippen MR) is 142 cm³/mol. The normalized spacial score (nSPS) is 16.1. The van der Waals surface area contributed by atoms with Crippen molar-refractivity contribution in [2.45, 2.75) is 0 Å². The van der Waals surface area contributed by atoms with Crippen LogP contribution >= 0.6 is 0 Å². The molecule has 0 unspecified atom stereocenters. The Morgan fingerprint density at radius 3 is 2.31 bits per heavy atom. The van der Waals surface area contributed by atoms with Crippen molar-refractivity contribution in [2.24, 2.45) is 0 Å². The highest BCUT2D eigenvalue weighted by Crippen LogP contribution is 2.31. The number of benzene rings is 2. The van der Waals surface area contributed by atoms with Crippen molar-refractivity contribution >= 4 is 29.3 Å². The predicted octanol–water partition coefficient (Wildman–Crippen LogP) is 2.77. The maximum atomic E-state index is 13.4. The number of hydrogen-bond donors (Lipinski definition) is 1. The maximum Gasteiger partial charge on any atom is 0.254 e. The smallest absolute Gasteiger partial charge is 0.254 e. The van der Waals surface area contributed by atoms with Crippen LogP contribution in [0.3, 0.4) is 0 Å². The molecule has 2 aromatic carbocycles. The van der Waals surface area contributed by atoms with Gasteiger partial charge in [0.15, 0.2) is 0 Å². The molecule has 36 heavy (non-hydrogen) atoms. The fourth-order valence-electron chi connectivity index (χ4n) is 4.92. The van der Waals surface area contributed by atoms with Crippen LogP contribution in [0, 0.1) is 5.41 Å². The third-order valence-electron chi connectivity index (χ3n) is 6.91. The Kier molecular flexibility index (Phi) is 6.97. The molecule has 0 radical (unpaired) electrons. The van der Waals surface area contributed by atoms with Gasteiger partial charge in [0.1, 0.15) is 17.9 Å². The van der Waals surface area contributed by atoms with Crippen LogP contribution in [0.1, 0.15) is 15.9 Å². The SMILES string of the molecule is COc1ccc(C(=O)N2CCN(c3ccccc3)CC2)cc1N1CCN(c2ncncc2C=N)CC1. The summed E-state index contributed by atoms with van der Waals surface area (Å²) in [7, 11) is 1.66. The number of hydrogen-bond acceptors (Lipinski definition) is 8. The first kappa shape index (κ1) is 23.6. The molecule has 0 spiro atoms. The molecule has 5 rings (SSSR count). The summed E-state index contributed by atoms with van der Waals surface area (Å²) in [6, 6.07) is 16.1. The number of para-hydroxylation sites is 1. The summed E-state index contributed by atoms with van der Waals surface area (Å²) < 4.78 is 5.65. The Hall–Kier alpha value is -4.14. The zero-order valence-corrected chi connectivity index (χ0v) is 20.5. The molecule has 9 nitrogen and oxygen atoms in total. The molecule has 3 heterocycles. The second-order valence-corrected chi connectivity index (χ2v) is 8.92. The summed E-state index contributed by atoms with van der Waals surface area (Å²) in [6.45, 7) is 6.05. The van der Waals surface area contributed by atoms with E-state index in [1.54, 1.807) is 13.3 Å². The third-order valence-corrected chi connectivity index (χ3v) is 6.91. The Bertz CT molecular complexity index is 1200. The molecule has 0 atom stereocenters. The molecule has 0 saturated carbocycles. The van der Waals surface area contributed by atoms with Crippen molar-refractivity contribution in [1.82, 2.24) is 14.9 Å². The molecule has 0 bridgehead atoms. The Morgan fingerprint density at radius 1 is 0.917 bits per heavy atom. The van der Waals surface area contributed by atoms with Crippen LogP contribution in [0.4, 0.5) is 17.2 Å². The molecule has 1 amide bonds. The van der Waals surface area contributed by atoms with Gasteiger partial charge >= 0.3 is 0 Å². The van der Waals surface area contributed by atoms with Gasteiger partial charge in [-0.1, -0.05) is 18.2 Å². The fourth-order valence-corrected chi connectivity index (χ4v) is 4.92. The Morgan fingerprint density at radius 2 is 1.61 bits per heavy atom. The first-order valence-corrected chi connectivity index (χ1v) is 12.3. The van der Waals surface area contributed by atoms with Crippen molar-refractivity contribution in [3.8, 4) is 5.75 Å². The number of aromatic nitrogens is 2. The monoisotopic (exact) mass is 485 g/mol. The number of carbonyl (C=O) groups is 1. The minimum atomic E-state index is 0.0573. The number of piperazine rings is 2. The number of amides is 1. The fraction of sp³-hybridized carbons (Fsp3) is 0.333. The number of rotatable bonds is 6. The summed E-state index contributed by atoms with van der Waals surface area (Å²) in [4.78, 5) is 30.5. The van der Waals surface area contributed by atoms with Gasteiger partial charge < -0.3 is 29.7 Å². The zero-order valence-electron chi connectivity index (χ0n) is 20.5. The van der Waals surface area contributed by atoms with E-state index in [-0.39, 0.29) is 5.91 Å². The van der Waals surface area contributed by atoms with Gasteiger partial charge in [0.2, 0.25) is 0 Å².